The van der Waals surface area contributed by atoms with Crippen molar-refractivity contribution in [3.63, 3.8) is 0 Å². The fraction of sp³-hybridized carbons (Fsp3) is 0.375. The number of amides is 1. The molecule has 1 aliphatic heterocycles. The number of sulfonamides is 1. The van der Waals surface area contributed by atoms with Gasteiger partial charge in [0.1, 0.15) is 11.5 Å². The number of methoxy groups -OCH3 is 2. The first-order valence-electron chi connectivity index (χ1n) is 11.0. The number of ether oxygens (including phenoxy) is 4. The molecule has 0 bridgehead atoms. The summed E-state index contributed by atoms with van der Waals surface area (Å²) in [6, 6.07) is 13.4. The van der Waals surface area contributed by atoms with Gasteiger partial charge in [0.05, 0.1) is 32.3 Å². The minimum atomic E-state index is -3.88. The zero-order valence-electron chi connectivity index (χ0n) is 19.6. The topological polar surface area (TPSA) is 138 Å². The van der Waals surface area contributed by atoms with Crippen molar-refractivity contribution < 1.29 is 37.3 Å². The highest BCUT2D eigenvalue weighted by Crippen LogP contribution is 2.32. The summed E-state index contributed by atoms with van der Waals surface area (Å²) in [5, 5.41) is 9.41. The monoisotopic (exact) mass is 506 g/mol. The molecule has 1 aliphatic rings. The molecule has 0 unspecified atom stereocenters. The molecule has 0 radical (unpaired) electrons. The van der Waals surface area contributed by atoms with E-state index in [9.17, 15) is 18.3 Å². The number of allylic oxidation sites excluding steroid dienone is 1. The number of aliphatic hydroxyl groups is 1. The Balaban J connectivity index is 1.68. The molecule has 190 valence electrons. The molecule has 0 aliphatic carbocycles. The number of carbonyl (C=O) groups excluding carboxylic acids is 1. The van der Waals surface area contributed by atoms with Crippen LogP contribution in [0.15, 0.2) is 65.3 Å². The van der Waals surface area contributed by atoms with Crippen molar-refractivity contribution in [2.75, 3.05) is 40.5 Å². The fourth-order valence-corrected chi connectivity index (χ4v) is 5.07. The molecular formula is C24H30N2O8S. The second kappa shape index (κ2) is 12.0. The van der Waals surface area contributed by atoms with E-state index in [0.717, 1.165) is 9.87 Å². The van der Waals surface area contributed by atoms with Crippen molar-refractivity contribution in [3.8, 4) is 11.5 Å². The molecule has 1 heterocycles. The molecule has 0 saturated heterocycles. The third-order valence-electron chi connectivity index (χ3n) is 5.54. The summed E-state index contributed by atoms with van der Waals surface area (Å²) in [6.45, 7) is -0.521. The highest BCUT2D eigenvalue weighted by molar-refractivity contribution is 7.89. The van der Waals surface area contributed by atoms with Crippen molar-refractivity contribution >= 4 is 15.9 Å². The molecule has 3 rings (SSSR count). The van der Waals surface area contributed by atoms with Gasteiger partial charge in [0.2, 0.25) is 16.3 Å². The Labute approximate surface area is 204 Å². The summed E-state index contributed by atoms with van der Waals surface area (Å²) >= 11 is 0. The van der Waals surface area contributed by atoms with Gasteiger partial charge >= 0.3 is 0 Å². The predicted molar refractivity (Wildman–Crippen MR) is 127 cm³/mol. The van der Waals surface area contributed by atoms with E-state index in [2.05, 4.69) is 0 Å². The predicted octanol–water partition coefficient (Wildman–Crippen LogP) is 1.60. The quantitative estimate of drug-likeness (QED) is 0.443. The van der Waals surface area contributed by atoms with E-state index >= 15 is 0 Å². The van der Waals surface area contributed by atoms with Gasteiger partial charge in [-0.25, -0.2) is 8.42 Å². The summed E-state index contributed by atoms with van der Waals surface area (Å²) < 4.78 is 48.9. The van der Waals surface area contributed by atoms with Crippen LogP contribution in [-0.4, -0.2) is 70.5 Å². The lowest BCUT2D eigenvalue weighted by atomic mass is 9.93. The molecule has 0 fully saturated rings. The van der Waals surface area contributed by atoms with Crippen LogP contribution >= 0.6 is 0 Å². The van der Waals surface area contributed by atoms with E-state index in [1.165, 1.54) is 19.2 Å². The Kier molecular flexibility index (Phi) is 9.10. The lowest BCUT2D eigenvalue weighted by molar-refractivity contribution is -0.144. The van der Waals surface area contributed by atoms with Crippen molar-refractivity contribution in [3.05, 3.63) is 65.9 Å². The second-order valence-electron chi connectivity index (χ2n) is 7.73. The van der Waals surface area contributed by atoms with Crippen LogP contribution in [0.5, 0.6) is 11.5 Å². The van der Waals surface area contributed by atoms with E-state index in [-0.39, 0.29) is 42.9 Å². The van der Waals surface area contributed by atoms with E-state index in [1.807, 2.05) is 24.3 Å². The van der Waals surface area contributed by atoms with Crippen LogP contribution in [0.4, 0.5) is 0 Å². The molecule has 3 N–H and O–H groups in total. The van der Waals surface area contributed by atoms with Gasteiger partial charge in [-0.15, -0.1) is 0 Å². The number of carbonyl (C=O) groups is 1. The third-order valence-corrected chi connectivity index (χ3v) is 7.45. The first-order chi connectivity index (χ1) is 16.8. The number of hydrogen-bond donors (Lipinski definition) is 2. The molecular weight excluding hydrogens is 476 g/mol. The lowest BCUT2D eigenvalue weighted by Gasteiger charge is -2.29. The average molecular weight is 507 g/mol. The van der Waals surface area contributed by atoms with Gasteiger partial charge < -0.3 is 29.8 Å². The normalized spacial score (nSPS) is 18.0. The highest BCUT2D eigenvalue weighted by atomic mass is 32.2. The number of aliphatic hydroxyl groups excluding tert-OH is 1. The van der Waals surface area contributed by atoms with Gasteiger partial charge in [-0.05, 0) is 48.0 Å². The molecule has 0 spiro atoms. The summed E-state index contributed by atoms with van der Waals surface area (Å²) in [5.74, 6) is 0.301. The molecule has 2 aromatic rings. The first-order valence-corrected chi connectivity index (χ1v) is 12.4. The van der Waals surface area contributed by atoms with E-state index in [4.69, 9.17) is 24.7 Å². The van der Waals surface area contributed by atoms with Crippen molar-refractivity contribution in [2.45, 2.75) is 23.5 Å². The zero-order valence-corrected chi connectivity index (χ0v) is 20.4. The minimum Gasteiger partial charge on any atom is -0.497 e. The highest BCUT2D eigenvalue weighted by Gasteiger charge is 2.29. The standard InChI is InChI=1S/C24H30N2O8S/c1-31-19-5-3-17(4-6-19)18-15-22(24(25)28)34-23(16-18)33-14-12-26(11-13-27)35(29,30)21-9-7-20(32-2)8-10-21/h3-10,15,18,23,27H,11-14,16H2,1-2H3,(H2,25,28)/t18-,23+/m1/s1. The van der Waals surface area contributed by atoms with Crippen LogP contribution in [0.3, 0.4) is 0 Å². The largest absolute Gasteiger partial charge is 0.497 e. The lowest BCUT2D eigenvalue weighted by Crippen LogP contribution is -2.38. The van der Waals surface area contributed by atoms with Crippen LogP contribution < -0.4 is 15.2 Å². The van der Waals surface area contributed by atoms with Crippen LogP contribution in [0.25, 0.3) is 0 Å². The van der Waals surface area contributed by atoms with Crippen molar-refractivity contribution in [2.24, 2.45) is 5.73 Å². The van der Waals surface area contributed by atoms with Crippen LogP contribution in [0, 0.1) is 0 Å². The van der Waals surface area contributed by atoms with Crippen molar-refractivity contribution in [1.82, 2.24) is 4.31 Å². The molecule has 0 saturated carbocycles. The number of nitrogens with zero attached hydrogens (tertiary/aromatic N) is 1. The number of nitrogens with two attached hydrogens (primary N) is 1. The van der Waals surface area contributed by atoms with Gasteiger partial charge in [0.15, 0.2) is 5.76 Å². The van der Waals surface area contributed by atoms with Crippen LogP contribution in [-0.2, 0) is 24.3 Å². The molecule has 10 nitrogen and oxygen atoms in total. The molecule has 2 aromatic carbocycles. The molecule has 0 aromatic heterocycles. The zero-order chi connectivity index (χ0) is 25.4. The fourth-order valence-electron chi connectivity index (χ4n) is 3.66. The second-order valence-corrected chi connectivity index (χ2v) is 9.67. The van der Waals surface area contributed by atoms with Crippen molar-refractivity contribution in [1.29, 1.82) is 0 Å². The minimum absolute atomic E-state index is 0.0138. The van der Waals surface area contributed by atoms with Gasteiger partial charge in [-0.2, -0.15) is 4.31 Å². The summed E-state index contributed by atoms with van der Waals surface area (Å²) in [7, 11) is -0.809. The summed E-state index contributed by atoms with van der Waals surface area (Å²) in [6.07, 6.45) is 1.24. The van der Waals surface area contributed by atoms with E-state index < -0.39 is 22.2 Å². The maximum Gasteiger partial charge on any atom is 0.283 e. The van der Waals surface area contributed by atoms with Gasteiger partial charge in [-0.1, -0.05) is 12.1 Å². The smallest absolute Gasteiger partial charge is 0.283 e. The summed E-state index contributed by atoms with van der Waals surface area (Å²) in [4.78, 5) is 11.9. The SMILES string of the molecule is COc1ccc([C@@H]2C=C(C(N)=O)O[C@H](OCCN(CCO)S(=O)(=O)c3ccc(OC)cc3)C2)cc1. The molecule has 11 heteroatoms. The Hall–Kier alpha value is -3.12. The Bertz CT molecular complexity index is 1120. The number of rotatable bonds is 12. The number of benzene rings is 2. The molecule has 35 heavy (non-hydrogen) atoms. The van der Waals surface area contributed by atoms with Gasteiger partial charge in [0, 0.05) is 25.4 Å². The summed E-state index contributed by atoms with van der Waals surface area (Å²) in [5.41, 5.74) is 6.36. The Morgan fingerprint density at radius 2 is 1.66 bits per heavy atom. The third kappa shape index (κ3) is 6.73. The number of primary amides is 1. The van der Waals surface area contributed by atoms with Crippen LogP contribution in [0.2, 0.25) is 0 Å². The average Bonchev–Trinajstić information content (AvgIpc) is 2.88. The van der Waals surface area contributed by atoms with Crippen LogP contribution in [0.1, 0.15) is 17.9 Å². The number of hydrogen-bond acceptors (Lipinski definition) is 8. The van der Waals surface area contributed by atoms with E-state index in [0.29, 0.717) is 17.9 Å². The molecule has 1 amide bonds. The Morgan fingerprint density at radius 1 is 1.06 bits per heavy atom. The van der Waals surface area contributed by atoms with Gasteiger partial charge in [-0.3, -0.25) is 4.79 Å². The molecule has 2 atom stereocenters. The maximum atomic E-state index is 13.0. The first kappa shape index (κ1) is 26.5. The van der Waals surface area contributed by atoms with Gasteiger partial charge in [0.25, 0.3) is 5.91 Å². The Morgan fingerprint density at radius 3 is 2.20 bits per heavy atom. The maximum absolute atomic E-state index is 13.0. The van der Waals surface area contributed by atoms with E-state index in [1.54, 1.807) is 25.3 Å².